The molecule has 1 aromatic heterocycles. The van der Waals surface area contributed by atoms with Gasteiger partial charge in [-0.25, -0.2) is 9.98 Å². The number of rotatable bonds is 5. The van der Waals surface area contributed by atoms with Crippen molar-refractivity contribution in [2.45, 2.75) is 20.0 Å². The predicted octanol–water partition coefficient (Wildman–Crippen LogP) is 9.97. The van der Waals surface area contributed by atoms with Crippen LogP contribution in [-0.4, -0.2) is 16.2 Å². The van der Waals surface area contributed by atoms with Crippen LogP contribution in [0.3, 0.4) is 0 Å². The van der Waals surface area contributed by atoms with Gasteiger partial charge in [0.05, 0.1) is 11.0 Å². The third-order valence-corrected chi connectivity index (χ3v) is 8.04. The summed E-state index contributed by atoms with van der Waals surface area (Å²) in [5, 5.41) is 5.98. The van der Waals surface area contributed by atoms with Crippen molar-refractivity contribution in [1.29, 1.82) is 0 Å². The lowest BCUT2D eigenvalue weighted by Crippen LogP contribution is -2.35. The van der Waals surface area contributed by atoms with E-state index >= 15 is 0 Å². The van der Waals surface area contributed by atoms with Crippen molar-refractivity contribution in [1.82, 2.24) is 9.88 Å². The monoisotopic (exact) mass is 582 g/mol. The van der Waals surface area contributed by atoms with Crippen molar-refractivity contribution in [3.63, 3.8) is 0 Å². The first-order valence-corrected chi connectivity index (χ1v) is 15.5. The average Bonchev–Trinajstić information content (AvgIpc) is 3.47. The van der Waals surface area contributed by atoms with Crippen molar-refractivity contribution >= 4 is 33.5 Å². The molecule has 1 aliphatic rings. The second kappa shape index (κ2) is 12.5. The summed E-state index contributed by atoms with van der Waals surface area (Å²) in [5.74, 6) is 1.64. The maximum absolute atomic E-state index is 5.08. The third kappa shape index (κ3) is 5.43. The summed E-state index contributed by atoms with van der Waals surface area (Å²) in [5.41, 5.74) is 8.95. The van der Waals surface area contributed by atoms with Gasteiger partial charge in [-0.05, 0) is 47.0 Å². The maximum Gasteiger partial charge on any atom is 0.169 e. The Kier molecular flexibility index (Phi) is 7.78. The second-order valence-electron chi connectivity index (χ2n) is 10.7. The molecule has 0 bridgehead atoms. The quantitative estimate of drug-likeness (QED) is 0.216. The van der Waals surface area contributed by atoms with Crippen molar-refractivity contribution < 1.29 is 0 Å². The van der Waals surface area contributed by atoms with E-state index in [1.54, 1.807) is 0 Å². The van der Waals surface area contributed by atoms with E-state index in [1.165, 1.54) is 21.8 Å². The highest BCUT2D eigenvalue weighted by atomic mass is 15.2. The van der Waals surface area contributed by atoms with Crippen molar-refractivity contribution in [3.05, 3.63) is 174 Å². The van der Waals surface area contributed by atoms with E-state index in [2.05, 4.69) is 131 Å². The van der Waals surface area contributed by atoms with Crippen LogP contribution in [0.15, 0.2) is 168 Å². The molecule has 6 aromatic carbocycles. The first-order chi connectivity index (χ1) is 22.3. The molecule has 45 heavy (non-hydrogen) atoms. The molecule has 0 fully saturated rings. The van der Waals surface area contributed by atoms with Gasteiger partial charge in [-0.3, -0.25) is 0 Å². The van der Waals surface area contributed by atoms with E-state index in [1.807, 2.05) is 50.2 Å². The normalized spacial score (nSPS) is 13.0. The number of nitrogens with one attached hydrogen (secondary N) is 1. The number of hydrogen-bond donors (Lipinski definition) is 1. The molecule has 4 heteroatoms. The molecular formula is C41H34N4. The molecule has 7 aromatic rings. The lowest BCUT2D eigenvalue weighted by Gasteiger charge is -2.22. The third-order valence-electron chi connectivity index (χ3n) is 8.04. The Morgan fingerprint density at radius 3 is 1.67 bits per heavy atom. The fourth-order valence-electron chi connectivity index (χ4n) is 5.97. The zero-order valence-corrected chi connectivity index (χ0v) is 25.4. The zero-order valence-electron chi connectivity index (χ0n) is 25.4. The van der Waals surface area contributed by atoms with Crippen molar-refractivity contribution in [2.24, 2.45) is 9.98 Å². The molecule has 0 aliphatic carbocycles. The average molecular weight is 583 g/mol. The van der Waals surface area contributed by atoms with Crippen LogP contribution in [0, 0.1) is 0 Å². The molecule has 0 amide bonds. The smallest absolute Gasteiger partial charge is 0.169 e. The molecule has 0 saturated carbocycles. The standard InChI is InChI=1S/C39H28N4.C2H6/c1-4-13-27(14-5-1)37-40-38(28-15-6-2-7-16-28)42-39(41-37)31-18-12-17-29(25-31)30-23-24-34-33-21-10-11-22-35(33)43(36(34)26-30)32-19-8-3-9-20-32;1-2/h1-26,39H,(H,40,41,42);1-2H3. The first-order valence-electron chi connectivity index (χ1n) is 15.5. The molecule has 0 saturated heterocycles. The number of para-hydroxylation sites is 2. The van der Waals surface area contributed by atoms with Gasteiger partial charge < -0.3 is 9.88 Å². The largest absolute Gasteiger partial charge is 0.324 e. The van der Waals surface area contributed by atoms with Crippen LogP contribution in [0.4, 0.5) is 0 Å². The Labute approximate surface area is 264 Å². The molecule has 1 N–H and O–H groups in total. The van der Waals surface area contributed by atoms with E-state index in [0.29, 0.717) is 0 Å². The molecule has 8 rings (SSSR count). The molecule has 0 atom stereocenters. The SMILES string of the molecule is CC.c1ccc(C2=NC(c3cccc(-c4ccc5c6ccccc6n(-c6ccccc6)c5c4)c3)N=C(c3ccccc3)N2)cc1. The van der Waals surface area contributed by atoms with Crippen LogP contribution in [0.2, 0.25) is 0 Å². The highest BCUT2D eigenvalue weighted by Gasteiger charge is 2.21. The van der Waals surface area contributed by atoms with Gasteiger partial charge in [-0.2, -0.15) is 0 Å². The van der Waals surface area contributed by atoms with Crippen LogP contribution in [0.25, 0.3) is 38.6 Å². The summed E-state index contributed by atoms with van der Waals surface area (Å²) < 4.78 is 2.36. The van der Waals surface area contributed by atoms with Gasteiger partial charge >= 0.3 is 0 Å². The highest BCUT2D eigenvalue weighted by Crippen LogP contribution is 2.35. The molecule has 1 aliphatic heterocycles. The zero-order chi connectivity index (χ0) is 30.6. The Bertz CT molecular complexity index is 2090. The molecule has 4 nitrogen and oxygen atoms in total. The Hall–Kier alpha value is -5.74. The fourth-order valence-corrected chi connectivity index (χ4v) is 5.97. The van der Waals surface area contributed by atoms with Gasteiger partial charge in [0.25, 0.3) is 0 Å². The van der Waals surface area contributed by atoms with Gasteiger partial charge in [-0.15, -0.1) is 0 Å². The minimum Gasteiger partial charge on any atom is -0.324 e. The molecule has 218 valence electrons. The summed E-state index contributed by atoms with van der Waals surface area (Å²) in [7, 11) is 0. The highest BCUT2D eigenvalue weighted by molar-refractivity contribution is 6.16. The number of hydrogen-bond acceptors (Lipinski definition) is 3. The van der Waals surface area contributed by atoms with Crippen molar-refractivity contribution in [3.8, 4) is 16.8 Å². The predicted molar refractivity (Wildman–Crippen MR) is 189 cm³/mol. The second-order valence-corrected chi connectivity index (χ2v) is 10.7. The molecule has 0 spiro atoms. The van der Waals surface area contributed by atoms with Gasteiger partial charge in [0.1, 0.15) is 11.7 Å². The van der Waals surface area contributed by atoms with E-state index < -0.39 is 0 Å². The van der Waals surface area contributed by atoms with Crippen LogP contribution < -0.4 is 5.32 Å². The number of nitrogens with zero attached hydrogens (tertiary/aromatic N) is 3. The van der Waals surface area contributed by atoms with Crippen molar-refractivity contribution in [2.75, 3.05) is 0 Å². The van der Waals surface area contributed by atoms with E-state index in [9.17, 15) is 0 Å². The topological polar surface area (TPSA) is 41.7 Å². The van der Waals surface area contributed by atoms with E-state index in [0.717, 1.165) is 45.2 Å². The van der Waals surface area contributed by atoms with Gasteiger partial charge in [0, 0.05) is 27.6 Å². The Balaban J connectivity index is 0.00000160. The van der Waals surface area contributed by atoms with Gasteiger partial charge in [-0.1, -0.05) is 141 Å². The summed E-state index contributed by atoms with van der Waals surface area (Å²) in [6.45, 7) is 4.00. The van der Waals surface area contributed by atoms with Gasteiger partial charge in [0.15, 0.2) is 6.17 Å². The minimum atomic E-state index is -0.369. The van der Waals surface area contributed by atoms with Crippen LogP contribution in [0.5, 0.6) is 0 Å². The number of amidine groups is 2. The lowest BCUT2D eigenvalue weighted by molar-refractivity contribution is 0.756. The summed E-state index contributed by atoms with van der Waals surface area (Å²) in [6, 6.07) is 55.1. The molecular weight excluding hydrogens is 548 g/mol. The number of aromatic nitrogens is 1. The molecule has 0 radical (unpaired) electrons. The summed E-state index contributed by atoms with van der Waals surface area (Å²) >= 11 is 0. The molecule has 0 unspecified atom stereocenters. The van der Waals surface area contributed by atoms with Crippen LogP contribution >= 0.6 is 0 Å². The number of aliphatic imine (C=N–C) groups is 2. The van der Waals surface area contributed by atoms with Crippen LogP contribution in [-0.2, 0) is 0 Å². The number of benzene rings is 6. The Morgan fingerprint density at radius 2 is 1.00 bits per heavy atom. The minimum absolute atomic E-state index is 0.369. The molecule has 2 heterocycles. The fraction of sp³-hybridized carbons (Fsp3) is 0.0732. The maximum atomic E-state index is 5.08. The lowest BCUT2D eigenvalue weighted by atomic mass is 10.00. The first kappa shape index (κ1) is 28.1. The summed E-state index contributed by atoms with van der Waals surface area (Å²) in [6.07, 6.45) is -0.369. The van der Waals surface area contributed by atoms with Crippen LogP contribution in [0.1, 0.15) is 36.7 Å². The van der Waals surface area contributed by atoms with Gasteiger partial charge in [0.2, 0.25) is 0 Å². The summed E-state index contributed by atoms with van der Waals surface area (Å²) in [4.78, 5) is 10.2. The number of fused-ring (bicyclic) bond motifs is 3. The Morgan fingerprint density at radius 1 is 0.467 bits per heavy atom. The van der Waals surface area contributed by atoms with E-state index in [4.69, 9.17) is 9.98 Å². The van der Waals surface area contributed by atoms with E-state index in [-0.39, 0.29) is 6.17 Å².